The fraction of sp³-hybridized carbons (Fsp3) is 0.556. The molecule has 1 aromatic heterocycles. The highest BCUT2D eigenvalue weighted by atomic mass is 35.5. The molecule has 0 amide bonds. The monoisotopic (exact) mass is 361 g/mol. The molecule has 4 rings (SSSR count). The van der Waals surface area contributed by atoms with Crippen LogP contribution in [0.5, 0.6) is 11.8 Å². The minimum Gasteiger partial charge on any atom is -0.424 e. The first-order valence-electron chi connectivity index (χ1n) is 8.97. The van der Waals surface area contributed by atoms with Gasteiger partial charge in [-0.2, -0.15) is 4.98 Å². The Balaban J connectivity index is 1.55. The van der Waals surface area contributed by atoms with E-state index in [0.717, 1.165) is 13.1 Å². The van der Waals surface area contributed by atoms with Crippen LogP contribution >= 0.6 is 11.6 Å². The second-order valence-corrected chi connectivity index (χ2v) is 7.68. The lowest BCUT2D eigenvalue weighted by atomic mass is 9.94. The molecule has 3 atom stereocenters. The molecular weight excluding hydrogens is 338 g/mol. The quantitative estimate of drug-likeness (QED) is 0.849. The summed E-state index contributed by atoms with van der Waals surface area (Å²) in [5.74, 6) is 2.62. The smallest absolute Gasteiger partial charge is 0.322 e. The molecule has 1 unspecified atom stereocenters. The number of ether oxygens (including phenoxy) is 1. The summed E-state index contributed by atoms with van der Waals surface area (Å²) >= 11 is 6.05. The third kappa shape index (κ3) is 3.46. The third-order valence-corrected chi connectivity index (χ3v) is 5.36. The van der Waals surface area contributed by atoms with Gasteiger partial charge in [0.05, 0.1) is 6.04 Å². The summed E-state index contributed by atoms with van der Waals surface area (Å²) in [6.45, 7) is 6.28. The Morgan fingerprint density at radius 1 is 1.28 bits per heavy atom. The van der Waals surface area contributed by atoms with Crippen molar-refractivity contribution >= 4 is 17.5 Å². The molecule has 1 aliphatic heterocycles. The standard InChI is InChI=1S/C18H24ClN5O/c1-11(2)24-18(25-15-5-3-4-14(19)8-15)22-17(23-24)21-16-12-6-7-13(16)10-20-9-12/h3-5,8,11-13,16,20H,6-7,9-10H2,1-2H3,(H,21,23)/t12-,13+,16?. The van der Waals surface area contributed by atoms with Crippen molar-refractivity contribution < 1.29 is 4.74 Å². The zero-order valence-electron chi connectivity index (χ0n) is 14.6. The molecule has 2 bridgehead atoms. The summed E-state index contributed by atoms with van der Waals surface area (Å²) in [6, 6.07) is 8.42. The Bertz CT molecular complexity index is 731. The molecular formula is C18H24ClN5O. The van der Waals surface area contributed by atoms with E-state index in [1.165, 1.54) is 12.8 Å². The molecule has 2 aromatic rings. The van der Waals surface area contributed by atoms with Crippen molar-refractivity contribution in [2.24, 2.45) is 11.8 Å². The number of rotatable bonds is 5. The minimum absolute atomic E-state index is 0.155. The van der Waals surface area contributed by atoms with Crippen molar-refractivity contribution in [3.63, 3.8) is 0 Å². The first-order valence-corrected chi connectivity index (χ1v) is 9.35. The molecule has 2 heterocycles. The average Bonchev–Trinajstić information content (AvgIpc) is 3.04. The Morgan fingerprint density at radius 2 is 2.04 bits per heavy atom. The number of benzene rings is 1. The predicted molar refractivity (Wildman–Crippen MR) is 98.4 cm³/mol. The van der Waals surface area contributed by atoms with Gasteiger partial charge in [-0.05, 0) is 69.8 Å². The maximum atomic E-state index is 6.05. The second kappa shape index (κ2) is 6.84. The van der Waals surface area contributed by atoms with E-state index >= 15 is 0 Å². The van der Waals surface area contributed by atoms with Gasteiger partial charge >= 0.3 is 6.01 Å². The van der Waals surface area contributed by atoms with Crippen LogP contribution in [-0.2, 0) is 0 Å². The molecule has 25 heavy (non-hydrogen) atoms. The summed E-state index contributed by atoms with van der Waals surface area (Å²) in [5, 5.41) is 12.4. The van der Waals surface area contributed by atoms with Gasteiger partial charge in [0.25, 0.3) is 0 Å². The normalized spacial score (nSPS) is 25.4. The van der Waals surface area contributed by atoms with Crippen LogP contribution in [-0.4, -0.2) is 33.9 Å². The number of hydrogen-bond acceptors (Lipinski definition) is 5. The van der Waals surface area contributed by atoms with E-state index < -0.39 is 0 Å². The van der Waals surface area contributed by atoms with Gasteiger partial charge in [-0.3, -0.25) is 0 Å². The number of anilines is 1. The van der Waals surface area contributed by atoms with Crippen molar-refractivity contribution in [1.29, 1.82) is 0 Å². The number of halogens is 1. The molecule has 2 fully saturated rings. The first-order chi connectivity index (χ1) is 12.1. The summed E-state index contributed by atoms with van der Waals surface area (Å²) < 4.78 is 7.76. The molecule has 6 nitrogen and oxygen atoms in total. The molecule has 1 saturated heterocycles. The van der Waals surface area contributed by atoms with E-state index in [9.17, 15) is 0 Å². The molecule has 0 radical (unpaired) electrons. The van der Waals surface area contributed by atoms with E-state index in [1.54, 1.807) is 6.07 Å². The van der Waals surface area contributed by atoms with Crippen LogP contribution in [0.15, 0.2) is 24.3 Å². The number of aromatic nitrogens is 3. The van der Waals surface area contributed by atoms with E-state index in [2.05, 4.69) is 34.6 Å². The maximum absolute atomic E-state index is 6.05. The number of piperidine rings is 1. The highest BCUT2D eigenvalue weighted by Crippen LogP contribution is 2.36. The lowest BCUT2D eigenvalue weighted by Gasteiger charge is -2.30. The topological polar surface area (TPSA) is 64.0 Å². The molecule has 1 aliphatic carbocycles. The number of fused-ring (bicyclic) bond motifs is 2. The highest BCUT2D eigenvalue weighted by Gasteiger charge is 2.39. The van der Waals surface area contributed by atoms with Gasteiger partial charge in [0.2, 0.25) is 5.95 Å². The van der Waals surface area contributed by atoms with Crippen LogP contribution in [0.25, 0.3) is 0 Å². The van der Waals surface area contributed by atoms with Crippen LogP contribution in [0.3, 0.4) is 0 Å². The fourth-order valence-corrected chi connectivity index (χ4v) is 4.06. The molecule has 0 spiro atoms. The van der Waals surface area contributed by atoms with Crippen LogP contribution in [0.1, 0.15) is 32.7 Å². The Hall–Kier alpha value is -1.79. The van der Waals surface area contributed by atoms with Gasteiger partial charge in [-0.15, -0.1) is 5.10 Å². The van der Waals surface area contributed by atoms with Crippen LogP contribution in [0, 0.1) is 11.8 Å². The van der Waals surface area contributed by atoms with Gasteiger partial charge in [0, 0.05) is 11.1 Å². The first kappa shape index (κ1) is 16.7. The molecule has 2 N–H and O–H groups in total. The SMILES string of the molecule is CC(C)n1nc(NC2[C@@H]3CC[C@H]2CNC3)nc1Oc1cccc(Cl)c1. The average molecular weight is 362 g/mol. The molecule has 1 saturated carbocycles. The predicted octanol–water partition coefficient (Wildman–Crippen LogP) is 3.71. The second-order valence-electron chi connectivity index (χ2n) is 7.24. The summed E-state index contributed by atoms with van der Waals surface area (Å²) in [4.78, 5) is 4.60. The molecule has 134 valence electrons. The minimum atomic E-state index is 0.155. The molecule has 2 aliphatic rings. The van der Waals surface area contributed by atoms with Crippen LogP contribution < -0.4 is 15.4 Å². The lowest BCUT2D eigenvalue weighted by Crippen LogP contribution is -2.45. The van der Waals surface area contributed by atoms with E-state index in [-0.39, 0.29) is 6.04 Å². The lowest BCUT2D eigenvalue weighted by molar-refractivity contribution is 0.341. The zero-order valence-corrected chi connectivity index (χ0v) is 15.3. The van der Waals surface area contributed by atoms with Crippen molar-refractivity contribution in [2.75, 3.05) is 18.4 Å². The van der Waals surface area contributed by atoms with Crippen molar-refractivity contribution in [3.8, 4) is 11.8 Å². The van der Waals surface area contributed by atoms with Gasteiger partial charge in [0.15, 0.2) is 0 Å². The van der Waals surface area contributed by atoms with E-state index in [0.29, 0.717) is 40.6 Å². The van der Waals surface area contributed by atoms with Gasteiger partial charge in [-0.1, -0.05) is 17.7 Å². The van der Waals surface area contributed by atoms with E-state index in [1.807, 2.05) is 22.9 Å². The van der Waals surface area contributed by atoms with E-state index in [4.69, 9.17) is 16.3 Å². The van der Waals surface area contributed by atoms with Gasteiger partial charge in [0.1, 0.15) is 5.75 Å². The van der Waals surface area contributed by atoms with Crippen molar-refractivity contribution in [3.05, 3.63) is 29.3 Å². The molecule has 1 aromatic carbocycles. The Kier molecular flexibility index (Phi) is 4.56. The van der Waals surface area contributed by atoms with Crippen molar-refractivity contribution in [1.82, 2.24) is 20.1 Å². The van der Waals surface area contributed by atoms with Crippen LogP contribution in [0.2, 0.25) is 5.02 Å². The number of hydrogen-bond donors (Lipinski definition) is 2. The fourth-order valence-electron chi connectivity index (χ4n) is 3.88. The summed E-state index contributed by atoms with van der Waals surface area (Å²) in [7, 11) is 0. The number of nitrogens with zero attached hydrogens (tertiary/aromatic N) is 3. The summed E-state index contributed by atoms with van der Waals surface area (Å²) in [5.41, 5.74) is 0. The van der Waals surface area contributed by atoms with Gasteiger partial charge in [-0.25, -0.2) is 4.68 Å². The van der Waals surface area contributed by atoms with Crippen LogP contribution in [0.4, 0.5) is 5.95 Å². The Labute approximate surface area is 152 Å². The molecule has 7 heteroatoms. The highest BCUT2D eigenvalue weighted by molar-refractivity contribution is 6.30. The maximum Gasteiger partial charge on any atom is 0.322 e. The summed E-state index contributed by atoms with van der Waals surface area (Å²) in [6.07, 6.45) is 2.54. The third-order valence-electron chi connectivity index (χ3n) is 5.13. The number of nitrogens with one attached hydrogen (secondary N) is 2. The van der Waals surface area contributed by atoms with Gasteiger partial charge < -0.3 is 15.4 Å². The van der Waals surface area contributed by atoms with Crippen molar-refractivity contribution in [2.45, 2.75) is 38.8 Å². The Morgan fingerprint density at radius 3 is 2.72 bits per heavy atom. The zero-order chi connectivity index (χ0) is 17.4. The largest absolute Gasteiger partial charge is 0.424 e.